The molecular weight excluding hydrogens is 380 g/mol. The summed E-state index contributed by atoms with van der Waals surface area (Å²) in [6, 6.07) is 11.1. The third-order valence-electron chi connectivity index (χ3n) is 4.56. The van der Waals surface area contributed by atoms with Crippen LogP contribution >= 0.6 is 11.8 Å². The smallest absolute Gasteiger partial charge is 0.270 e. The van der Waals surface area contributed by atoms with Gasteiger partial charge in [-0.25, -0.2) is 0 Å². The summed E-state index contributed by atoms with van der Waals surface area (Å²) >= 11 is 1.46. The van der Waals surface area contributed by atoms with Crippen LogP contribution in [0, 0.1) is 17.0 Å². The first-order chi connectivity index (χ1) is 13.5. The third kappa shape index (κ3) is 3.46. The summed E-state index contributed by atoms with van der Waals surface area (Å²) in [5.74, 6) is 1.92. The Hall–Kier alpha value is -2.91. The number of fused-ring (bicyclic) bond motifs is 1. The van der Waals surface area contributed by atoms with Gasteiger partial charge >= 0.3 is 0 Å². The number of nitro benzene ring substituents is 1. The molecule has 2 aromatic carbocycles. The monoisotopic (exact) mass is 398 g/mol. The van der Waals surface area contributed by atoms with Crippen molar-refractivity contribution in [3.8, 4) is 17.1 Å². The van der Waals surface area contributed by atoms with Gasteiger partial charge in [-0.15, -0.1) is 10.2 Å². The molecule has 0 atom stereocenters. The molecule has 0 bridgehead atoms. The minimum Gasteiger partial charge on any atom is -0.467 e. The molecule has 0 fully saturated rings. The van der Waals surface area contributed by atoms with Gasteiger partial charge in [-0.2, -0.15) is 0 Å². The van der Waals surface area contributed by atoms with Gasteiger partial charge in [0.1, 0.15) is 5.75 Å². The van der Waals surface area contributed by atoms with Gasteiger partial charge in [-0.05, 0) is 12.5 Å². The summed E-state index contributed by atoms with van der Waals surface area (Å²) < 4.78 is 12.8. The lowest BCUT2D eigenvalue weighted by Gasteiger charge is -2.20. The zero-order valence-corrected chi connectivity index (χ0v) is 16.2. The Balaban J connectivity index is 1.61. The lowest BCUT2D eigenvalue weighted by Crippen LogP contribution is -2.13. The van der Waals surface area contributed by atoms with Gasteiger partial charge in [0.25, 0.3) is 5.69 Å². The molecular formula is C19H18N4O4S. The quantitative estimate of drug-likeness (QED) is 0.366. The molecule has 0 radical (unpaired) electrons. The number of nitro groups is 1. The van der Waals surface area contributed by atoms with Crippen LogP contribution in [0.5, 0.6) is 5.75 Å². The van der Waals surface area contributed by atoms with E-state index in [1.54, 1.807) is 6.07 Å². The fourth-order valence-electron chi connectivity index (χ4n) is 3.13. The van der Waals surface area contributed by atoms with Gasteiger partial charge < -0.3 is 14.0 Å². The Bertz CT molecular complexity index is 1050. The maximum atomic E-state index is 11.3. The van der Waals surface area contributed by atoms with Gasteiger partial charge in [-0.1, -0.05) is 36.0 Å². The third-order valence-corrected chi connectivity index (χ3v) is 5.63. The maximum Gasteiger partial charge on any atom is 0.270 e. The molecule has 0 amide bonds. The van der Waals surface area contributed by atoms with Crippen LogP contribution in [0.2, 0.25) is 0 Å². The highest BCUT2D eigenvalue weighted by Crippen LogP contribution is 2.36. The largest absolute Gasteiger partial charge is 0.467 e. The van der Waals surface area contributed by atoms with Gasteiger partial charge in [0.15, 0.2) is 17.8 Å². The van der Waals surface area contributed by atoms with E-state index in [0.717, 1.165) is 27.7 Å². The Morgan fingerprint density at radius 2 is 2.11 bits per heavy atom. The zero-order chi connectivity index (χ0) is 19.7. The van der Waals surface area contributed by atoms with Crippen LogP contribution in [0.1, 0.15) is 16.7 Å². The van der Waals surface area contributed by atoms with Crippen molar-refractivity contribution in [2.24, 2.45) is 7.05 Å². The van der Waals surface area contributed by atoms with E-state index in [4.69, 9.17) is 9.47 Å². The first-order valence-electron chi connectivity index (χ1n) is 8.63. The molecule has 0 spiro atoms. The van der Waals surface area contributed by atoms with Crippen LogP contribution in [0.15, 0.2) is 41.6 Å². The molecule has 1 aliphatic heterocycles. The fraction of sp³-hybridized carbons (Fsp3) is 0.263. The second kappa shape index (κ2) is 7.61. The SMILES string of the molecule is Cc1ccccc1-c1nnc(SCc2cc([N+](=O)[O-])cc3c2OCOC3)n1C. The molecule has 1 aromatic heterocycles. The number of rotatable bonds is 5. The van der Waals surface area contributed by atoms with E-state index in [2.05, 4.69) is 10.2 Å². The topological polar surface area (TPSA) is 92.3 Å². The number of benzene rings is 2. The highest BCUT2D eigenvalue weighted by atomic mass is 32.2. The van der Waals surface area contributed by atoms with Crippen molar-refractivity contribution in [3.63, 3.8) is 0 Å². The van der Waals surface area contributed by atoms with Crippen molar-refractivity contribution in [2.45, 2.75) is 24.4 Å². The number of hydrogen-bond acceptors (Lipinski definition) is 7. The highest BCUT2D eigenvalue weighted by molar-refractivity contribution is 7.98. The van der Waals surface area contributed by atoms with Gasteiger partial charge in [0, 0.05) is 41.6 Å². The molecule has 0 saturated heterocycles. The minimum absolute atomic E-state index is 0.0296. The number of nitrogens with zero attached hydrogens (tertiary/aromatic N) is 4. The van der Waals surface area contributed by atoms with Crippen molar-refractivity contribution >= 4 is 17.4 Å². The standard InChI is InChI=1S/C19H18N4O4S/c1-12-5-3-4-6-16(12)18-20-21-19(22(18)2)28-10-14-8-15(23(24)25)7-13-9-26-11-27-17(13)14/h3-8H,9-11H2,1-2H3. The number of aryl methyl sites for hydroxylation is 1. The zero-order valence-electron chi connectivity index (χ0n) is 15.4. The van der Waals surface area contributed by atoms with Gasteiger partial charge in [0.2, 0.25) is 0 Å². The molecule has 28 heavy (non-hydrogen) atoms. The van der Waals surface area contributed by atoms with E-state index in [0.29, 0.717) is 23.7 Å². The second-order valence-corrected chi connectivity index (χ2v) is 7.37. The highest BCUT2D eigenvalue weighted by Gasteiger charge is 2.22. The lowest BCUT2D eigenvalue weighted by atomic mass is 10.1. The Morgan fingerprint density at radius 1 is 1.29 bits per heavy atom. The molecule has 8 nitrogen and oxygen atoms in total. The molecule has 2 heterocycles. The van der Waals surface area contributed by atoms with Crippen molar-refractivity contribution in [3.05, 3.63) is 63.2 Å². The molecule has 3 aromatic rings. The summed E-state index contributed by atoms with van der Waals surface area (Å²) in [6.07, 6.45) is 0. The summed E-state index contributed by atoms with van der Waals surface area (Å²) in [5, 5.41) is 20.6. The Labute approximate surface area is 165 Å². The average molecular weight is 398 g/mol. The van der Waals surface area contributed by atoms with Crippen LogP contribution < -0.4 is 4.74 Å². The molecule has 1 aliphatic rings. The maximum absolute atomic E-state index is 11.3. The summed E-state index contributed by atoms with van der Waals surface area (Å²) in [6.45, 7) is 2.48. The summed E-state index contributed by atoms with van der Waals surface area (Å²) in [7, 11) is 1.91. The predicted molar refractivity (Wildman–Crippen MR) is 104 cm³/mol. The van der Waals surface area contributed by atoms with E-state index >= 15 is 0 Å². The van der Waals surface area contributed by atoms with E-state index in [-0.39, 0.29) is 12.5 Å². The molecule has 4 rings (SSSR count). The number of thioether (sulfide) groups is 1. The molecule has 144 valence electrons. The number of hydrogen-bond donors (Lipinski definition) is 0. The Kier molecular flexibility index (Phi) is 5.01. The van der Waals surface area contributed by atoms with Crippen LogP contribution in [-0.4, -0.2) is 26.5 Å². The van der Waals surface area contributed by atoms with E-state index in [1.807, 2.05) is 42.8 Å². The van der Waals surface area contributed by atoms with Crippen molar-refractivity contribution in [1.82, 2.24) is 14.8 Å². The first-order valence-corrected chi connectivity index (χ1v) is 9.62. The van der Waals surface area contributed by atoms with Crippen LogP contribution in [0.3, 0.4) is 0 Å². The number of aromatic nitrogens is 3. The predicted octanol–water partition coefficient (Wildman–Crippen LogP) is 3.86. The average Bonchev–Trinajstić information content (AvgIpc) is 3.06. The lowest BCUT2D eigenvalue weighted by molar-refractivity contribution is -0.385. The van der Waals surface area contributed by atoms with Crippen molar-refractivity contribution in [1.29, 1.82) is 0 Å². The fourth-order valence-corrected chi connectivity index (χ4v) is 4.01. The van der Waals surface area contributed by atoms with Crippen molar-refractivity contribution in [2.75, 3.05) is 6.79 Å². The van der Waals surface area contributed by atoms with E-state index in [1.165, 1.54) is 17.8 Å². The summed E-state index contributed by atoms with van der Waals surface area (Å²) in [4.78, 5) is 10.8. The minimum atomic E-state index is -0.401. The molecule has 9 heteroatoms. The van der Waals surface area contributed by atoms with E-state index < -0.39 is 4.92 Å². The van der Waals surface area contributed by atoms with Crippen LogP contribution in [-0.2, 0) is 24.1 Å². The van der Waals surface area contributed by atoms with Gasteiger partial charge in [-0.3, -0.25) is 10.1 Å². The number of non-ortho nitro benzene ring substituents is 1. The molecule has 0 N–H and O–H groups in total. The van der Waals surface area contributed by atoms with Gasteiger partial charge in [0.05, 0.1) is 11.5 Å². The molecule has 0 unspecified atom stereocenters. The first kappa shape index (κ1) is 18.5. The van der Waals surface area contributed by atoms with Crippen molar-refractivity contribution < 1.29 is 14.4 Å². The number of ether oxygens (including phenoxy) is 2. The van der Waals surface area contributed by atoms with Crippen LogP contribution in [0.4, 0.5) is 5.69 Å². The normalized spacial score (nSPS) is 13.1. The summed E-state index contributed by atoms with van der Waals surface area (Å²) in [5.41, 5.74) is 3.61. The van der Waals surface area contributed by atoms with E-state index in [9.17, 15) is 10.1 Å². The Morgan fingerprint density at radius 3 is 2.89 bits per heavy atom. The molecule has 0 saturated carbocycles. The van der Waals surface area contributed by atoms with Crippen LogP contribution in [0.25, 0.3) is 11.4 Å². The molecule has 0 aliphatic carbocycles. The second-order valence-electron chi connectivity index (χ2n) is 6.43.